The molecule has 0 aromatic heterocycles. The Morgan fingerprint density at radius 1 is 1.26 bits per heavy atom. The first kappa shape index (κ1) is 17.6. The van der Waals surface area contributed by atoms with Crippen LogP contribution in [0.4, 0.5) is 11.4 Å². The fourth-order valence-electron chi connectivity index (χ4n) is 2.45. The number of anilines is 2. The standard InChI is InChI=1S/C15H22N2O5S/c1-21-9-10-23(19,20)16-12-6-7-13(14(11-12)22-2)17-8-4-3-5-15(17)18/h6-7,11,16H,3-5,8-10H2,1-2H3. The fourth-order valence-corrected chi connectivity index (χ4v) is 3.42. The molecule has 1 amide bonds. The summed E-state index contributed by atoms with van der Waals surface area (Å²) >= 11 is 0. The zero-order chi connectivity index (χ0) is 16.9. The van der Waals surface area contributed by atoms with Crippen molar-refractivity contribution in [2.24, 2.45) is 0 Å². The van der Waals surface area contributed by atoms with E-state index in [0.29, 0.717) is 30.1 Å². The number of piperidine rings is 1. The Labute approximate surface area is 136 Å². The number of ether oxygens (including phenoxy) is 2. The van der Waals surface area contributed by atoms with E-state index < -0.39 is 10.0 Å². The van der Waals surface area contributed by atoms with Crippen LogP contribution in [0.1, 0.15) is 19.3 Å². The van der Waals surface area contributed by atoms with E-state index >= 15 is 0 Å². The molecule has 1 aliphatic rings. The molecule has 0 unspecified atom stereocenters. The van der Waals surface area contributed by atoms with E-state index in [1.54, 1.807) is 23.1 Å². The molecular weight excluding hydrogens is 320 g/mol. The van der Waals surface area contributed by atoms with E-state index in [1.807, 2.05) is 0 Å². The van der Waals surface area contributed by atoms with Crippen molar-refractivity contribution in [2.75, 3.05) is 42.7 Å². The van der Waals surface area contributed by atoms with Crippen molar-refractivity contribution in [3.05, 3.63) is 18.2 Å². The van der Waals surface area contributed by atoms with Gasteiger partial charge in [-0.25, -0.2) is 8.42 Å². The van der Waals surface area contributed by atoms with Crippen LogP contribution >= 0.6 is 0 Å². The van der Waals surface area contributed by atoms with Gasteiger partial charge in [-0.15, -0.1) is 0 Å². The van der Waals surface area contributed by atoms with Gasteiger partial charge in [-0.1, -0.05) is 0 Å². The van der Waals surface area contributed by atoms with Crippen LogP contribution < -0.4 is 14.4 Å². The Kier molecular flexibility index (Phi) is 5.84. The van der Waals surface area contributed by atoms with E-state index in [-0.39, 0.29) is 18.3 Å². The van der Waals surface area contributed by atoms with Crippen molar-refractivity contribution in [3.8, 4) is 5.75 Å². The van der Waals surface area contributed by atoms with Gasteiger partial charge in [0.1, 0.15) is 5.75 Å². The van der Waals surface area contributed by atoms with Crippen LogP contribution in [0.2, 0.25) is 0 Å². The Bertz CT molecular complexity index is 660. The number of methoxy groups -OCH3 is 2. The van der Waals surface area contributed by atoms with Crippen molar-refractivity contribution in [2.45, 2.75) is 19.3 Å². The third-order valence-corrected chi connectivity index (χ3v) is 4.87. The van der Waals surface area contributed by atoms with Crippen molar-refractivity contribution in [3.63, 3.8) is 0 Å². The monoisotopic (exact) mass is 342 g/mol. The lowest BCUT2D eigenvalue weighted by Gasteiger charge is -2.28. The van der Waals surface area contributed by atoms with Crippen LogP contribution in [0.25, 0.3) is 0 Å². The molecule has 0 aliphatic carbocycles. The topological polar surface area (TPSA) is 84.9 Å². The number of sulfonamides is 1. The molecule has 1 heterocycles. The van der Waals surface area contributed by atoms with E-state index in [2.05, 4.69) is 4.72 Å². The van der Waals surface area contributed by atoms with Crippen LogP contribution in [0.3, 0.4) is 0 Å². The maximum absolute atomic E-state index is 12.0. The van der Waals surface area contributed by atoms with E-state index in [0.717, 1.165) is 12.8 Å². The number of rotatable bonds is 7. The highest BCUT2D eigenvalue weighted by molar-refractivity contribution is 7.92. The lowest BCUT2D eigenvalue weighted by atomic mass is 10.1. The second-order valence-corrected chi connectivity index (χ2v) is 7.14. The Morgan fingerprint density at radius 3 is 2.70 bits per heavy atom. The number of amides is 1. The molecule has 0 saturated carbocycles. The van der Waals surface area contributed by atoms with Crippen LogP contribution in [-0.2, 0) is 19.6 Å². The van der Waals surface area contributed by atoms with Gasteiger partial charge in [0.05, 0.1) is 30.8 Å². The summed E-state index contributed by atoms with van der Waals surface area (Å²) in [5.74, 6) is 0.396. The number of nitrogens with zero attached hydrogens (tertiary/aromatic N) is 1. The average Bonchev–Trinajstić information content (AvgIpc) is 2.53. The third kappa shape index (κ3) is 4.59. The molecule has 1 fully saturated rings. The number of nitrogens with one attached hydrogen (secondary N) is 1. The van der Waals surface area contributed by atoms with Crippen LogP contribution in [0.5, 0.6) is 5.75 Å². The first-order valence-corrected chi connectivity index (χ1v) is 9.10. The summed E-state index contributed by atoms with van der Waals surface area (Å²) in [6.45, 7) is 0.765. The smallest absolute Gasteiger partial charge is 0.235 e. The van der Waals surface area contributed by atoms with Gasteiger partial charge in [-0.2, -0.15) is 0 Å². The second kappa shape index (κ2) is 7.65. The lowest BCUT2D eigenvalue weighted by molar-refractivity contribution is -0.119. The molecular formula is C15H22N2O5S. The molecule has 23 heavy (non-hydrogen) atoms. The van der Waals surface area contributed by atoms with Gasteiger partial charge in [0.25, 0.3) is 0 Å². The van der Waals surface area contributed by atoms with Gasteiger partial charge >= 0.3 is 0 Å². The first-order chi connectivity index (χ1) is 11.0. The van der Waals surface area contributed by atoms with Gasteiger partial charge in [-0.05, 0) is 25.0 Å². The molecule has 0 bridgehead atoms. The second-order valence-electron chi connectivity index (χ2n) is 5.30. The van der Waals surface area contributed by atoms with Crippen molar-refractivity contribution in [1.29, 1.82) is 0 Å². The number of benzene rings is 1. The summed E-state index contributed by atoms with van der Waals surface area (Å²) in [5, 5.41) is 0. The van der Waals surface area contributed by atoms with Crippen LogP contribution in [0.15, 0.2) is 18.2 Å². The van der Waals surface area contributed by atoms with Crippen molar-refractivity contribution >= 4 is 27.3 Å². The molecule has 0 atom stereocenters. The Hall–Kier alpha value is -1.80. The molecule has 8 heteroatoms. The normalized spacial score (nSPS) is 15.6. The molecule has 1 aromatic carbocycles. The molecule has 1 aromatic rings. The molecule has 128 valence electrons. The zero-order valence-corrected chi connectivity index (χ0v) is 14.2. The van der Waals surface area contributed by atoms with Crippen molar-refractivity contribution in [1.82, 2.24) is 0 Å². The van der Waals surface area contributed by atoms with Gasteiger partial charge in [0, 0.05) is 26.1 Å². The number of carbonyl (C=O) groups excluding carboxylic acids is 1. The molecule has 0 radical (unpaired) electrons. The van der Waals surface area contributed by atoms with E-state index in [9.17, 15) is 13.2 Å². The summed E-state index contributed by atoms with van der Waals surface area (Å²) in [6.07, 6.45) is 2.36. The highest BCUT2D eigenvalue weighted by Crippen LogP contribution is 2.33. The summed E-state index contributed by atoms with van der Waals surface area (Å²) in [4.78, 5) is 13.7. The van der Waals surface area contributed by atoms with Gasteiger partial charge in [-0.3, -0.25) is 9.52 Å². The highest BCUT2D eigenvalue weighted by Gasteiger charge is 2.23. The minimum absolute atomic E-state index is 0.0583. The van der Waals surface area contributed by atoms with Gasteiger partial charge in [0.2, 0.25) is 15.9 Å². The molecule has 2 rings (SSSR count). The van der Waals surface area contributed by atoms with Crippen LogP contribution in [-0.4, -0.2) is 47.4 Å². The lowest BCUT2D eigenvalue weighted by Crippen LogP contribution is -2.35. The number of hydrogen-bond donors (Lipinski definition) is 1. The maximum Gasteiger partial charge on any atom is 0.235 e. The minimum atomic E-state index is -3.48. The first-order valence-electron chi connectivity index (χ1n) is 7.44. The predicted molar refractivity (Wildman–Crippen MR) is 88.5 cm³/mol. The summed E-state index contributed by atoms with van der Waals surface area (Å²) in [6, 6.07) is 4.92. The minimum Gasteiger partial charge on any atom is -0.494 e. The summed E-state index contributed by atoms with van der Waals surface area (Å²) < 4.78 is 36.4. The molecule has 1 saturated heterocycles. The quantitative estimate of drug-likeness (QED) is 0.813. The van der Waals surface area contributed by atoms with Gasteiger partial charge in [0.15, 0.2) is 0 Å². The molecule has 0 spiro atoms. The third-order valence-electron chi connectivity index (χ3n) is 3.62. The summed E-state index contributed by atoms with van der Waals surface area (Å²) in [7, 11) is -0.537. The Balaban J connectivity index is 2.21. The largest absolute Gasteiger partial charge is 0.494 e. The molecule has 1 aliphatic heterocycles. The predicted octanol–water partition coefficient (Wildman–Crippen LogP) is 1.60. The van der Waals surface area contributed by atoms with Crippen LogP contribution in [0, 0.1) is 0 Å². The zero-order valence-electron chi connectivity index (χ0n) is 13.4. The van der Waals surface area contributed by atoms with E-state index in [4.69, 9.17) is 9.47 Å². The molecule has 7 nitrogen and oxygen atoms in total. The average molecular weight is 342 g/mol. The van der Waals surface area contributed by atoms with E-state index in [1.165, 1.54) is 14.2 Å². The van der Waals surface area contributed by atoms with Gasteiger partial charge < -0.3 is 14.4 Å². The summed E-state index contributed by atoms with van der Waals surface area (Å²) in [5.41, 5.74) is 1.06. The highest BCUT2D eigenvalue weighted by atomic mass is 32.2. The number of carbonyl (C=O) groups is 1. The maximum atomic E-state index is 12.0. The number of hydrogen-bond acceptors (Lipinski definition) is 5. The fraction of sp³-hybridized carbons (Fsp3) is 0.533. The molecule has 1 N–H and O–H groups in total. The van der Waals surface area contributed by atoms with Crippen molar-refractivity contribution < 1.29 is 22.7 Å². The Morgan fingerprint density at radius 2 is 2.04 bits per heavy atom. The SMILES string of the molecule is COCCS(=O)(=O)Nc1ccc(N2CCCCC2=O)c(OC)c1.